The average Bonchev–Trinajstić information content (AvgIpc) is 2.60. The third kappa shape index (κ3) is 7.23. The van der Waals surface area contributed by atoms with E-state index in [4.69, 9.17) is 0 Å². The fraction of sp³-hybridized carbons (Fsp3) is 0.250. The maximum absolute atomic E-state index is 12.1. The van der Waals surface area contributed by atoms with Gasteiger partial charge in [-0.25, -0.2) is 13.1 Å². The van der Waals surface area contributed by atoms with Crippen LogP contribution in [-0.2, 0) is 21.4 Å². The summed E-state index contributed by atoms with van der Waals surface area (Å²) in [6.07, 6.45) is -1.77. The van der Waals surface area contributed by atoms with Crippen molar-refractivity contribution in [1.29, 1.82) is 0 Å². The number of ether oxygens (including phenoxy) is 1. The van der Waals surface area contributed by atoms with E-state index >= 15 is 0 Å². The minimum Gasteiger partial charge on any atom is -0.406 e. The van der Waals surface area contributed by atoms with E-state index in [1.54, 1.807) is 24.5 Å². The number of amides is 1. The summed E-state index contributed by atoms with van der Waals surface area (Å²) >= 11 is 0. The van der Waals surface area contributed by atoms with Crippen molar-refractivity contribution in [2.75, 3.05) is 6.54 Å². The lowest BCUT2D eigenvalue weighted by atomic mass is 10.3. The molecule has 0 saturated carbocycles. The van der Waals surface area contributed by atoms with Crippen LogP contribution in [0.5, 0.6) is 5.75 Å². The molecule has 0 fully saturated rings. The number of benzene rings is 1. The monoisotopic (exact) mass is 403 g/mol. The van der Waals surface area contributed by atoms with Crippen LogP contribution in [0.1, 0.15) is 12.0 Å². The lowest BCUT2D eigenvalue weighted by Crippen LogP contribution is -2.30. The summed E-state index contributed by atoms with van der Waals surface area (Å²) < 4.78 is 66.3. The second-order valence-electron chi connectivity index (χ2n) is 5.30. The van der Waals surface area contributed by atoms with Gasteiger partial charge in [-0.1, -0.05) is 6.07 Å². The third-order valence-electron chi connectivity index (χ3n) is 3.22. The van der Waals surface area contributed by atoms with Crippen molar-refractivity contribution < 1.29 is 31.1 Å². The molecule has 1 heterocycles. The molecule has 1 amide bonds. The van der Waals surface area contributed by atoms with Crippen molar-refractivity contribution in [2.24, 2.45) is 0 Å². The van der Waals surface area contributed by atoms with Gasteiger partial charge in [0.1, 0.15) is 5.75 Å². The van der Waals surface area contributed by atoms with Gasteiger partial charge in [0.05, 0.1) is 4.90 Å². The highest BCUT2D eigenvalue weighted by atomic mass is 32.2. The van der Waals surface area contributed by atoms with Gasteiger partial charge >= 0.3 is 6.36 Å². The van der Waals surface area contributed by atoms with E-state index in [9.17, 15) is 26.4 Å². The molecule has 2 aromatic rings. The van der Waals surface area contributed by atoms with Crippen molar-refractivity contribution in [3.8, 4) is 5.75 Å². The summed E-state index contributed by atoms with van der Waals surface area (Å²) in [5.41, 5.74) is 0.799. The van der Waals surface area contributed by atoms with Crippen molar-refractivity contribution in [1.82, 2.24) is 15.0 Å². The fourth-order valence-electron chi connectivity index (χ4n) is 1.99. The Kier molecular flexibility index (Phi) is 6.75. The van der Waals surface area contributed by atoms with Crippen LogP contribution in [0.3, 0.4) is 0 Å². The number of sulfonamides is 1. The zero-order valence-electron chi connectivity index (χ0n) is 13.9. The Labute approximate surface area is 153 Å². The van der Waals surface area contributed by atoms with Crippen LogP contribution in [0.2, 0.25) is 0 Å². The number of hydrogen-bond donors (Lipinski definition) is 2. The summed E-state index contributed by atoms with van der Waals surface area (Å²) in [5, 5.41) is 2.62. The number of aromatic nitrogens is 1. The van der Waals surface area contributed by atoms with E-state index in [1.165, 1.54) is 0 Å². The molecule has 0 aliphatic heterocycles. The molecule has 2 N–H and O–H groups in total. The highest BCUT2D eigenvalue weighted by molar-refractivity contribution is 7.89. The maximum Gasteiger partial charge on any atom is 0.573 e. The van der Waals surface area contributed by atoms with Crippen molar-refractivity contribution in [3.63, 3.8) is 0 Å². The van der Waals surface area contributed by atoms with Crippen LogP contribution in [0.15, 0.2) is 53.7 Å². The first-order valence-corrected chi connectivity index (χ1v) is 9.15. The van der Waals surface area contributed by atoms with Crippen molar-refractivity contribution in [2.45, 2.75) is 24.2 Å². The van der Waals surface area contributed by atoms with E-state index in [0.29, 0.717) is 0 Å². The van der Waals surface area contributed by atoms with Gasteiger partial charge in [-0.2, -0.15) is 0 Å². The number of pyridine rings is 1. The van der Waals surface area contributed by atoms with Crippen LogP contribution < -0.4 is 14.8 Å². The van der Waals surface area contributed by atoms with Crippen molar-refractivity contribution in [3.05, 3.63) is 54.4 Å². The van der Waals surface area contributed by atoms with Gasteiger partial charge in [0.15, 0.2) is 0 Å². The van der Waals surface area contributed by atoms with Gasteiger partial charge in [-0.15, -0.1) is 13.2 Å². The largest absolute Gasteiger partial charge is 0.573 e. The van der Waals surface area contributed by atoms with Gasteiger partial charge in [-0.3, -0.25) is 9.78 Å². The molecule has 1 aromatic heterocycles. The molecule has 0 bridgehead atoms. The van der Waals surface area contributed by atoms with E-state index in [-0.39, 0.29) is 30.3 Å². The summed E-state index contributed by atoms with van der Waals surface area (Å²) in [4.78, 5) is 15.4. The molecule has 27 heavy (non-hydrogen) atoms. The molecular weight excluding hydrogens is 387 g/mol. The molecule has 0 aliphatic rings. The molecule has 7 nitrogen and oxygen atoms in total. The molecule has 0 radical (unpaired) electrons. The molecule has 0 atom stereocenters. The minimum absolute atomic E-state index is 0.102. The zero-order chi connectivity index (χ0) is 19.9. The lowest BCUT2D eigenvalue weighted by Gasteiger charge is -2.10. The molecule has 0 saturated heterocycles. The molecular formula is C16H16F3N3O4S. The quantitative estimate of drug-likeness (QED) is 0.702. The molecule has 146 valence electrons. The predicted molar refractivity (Wildman–Crippen MR) is 89.0 cm³/mol. The zero-order valence-corrected chi connectivity index (χ0v) is 14.7. The number of carbonyl (C=O) groups is 1. The highest BCUT2D eigenvalue weighted by Gasteiger charge is 2.31. The molecule has 11 heteroatoms. The minimum atomic E-state index is -4.86. The standard InChI is InChI=1S/C16H16F3N3O4S/c17-16(18,19)26-13-3-5-14(6-4-13)27(24,25)22-9-7-15(23)21-11-12-2-1-8-20-10-12/h1-6,8,10,22H,7,9,11H2,(H,21,23). The first-order valence-electron chi connectivity index (χ1n) is 7.67. The number of halogens is 3. The van der Waals surface area contributed by atoms with Gasteiger partial charge in [0.25, 0.3) is 0 Å². The van der Waals surface area contributed by atoms with Crippen LogP contribution >= 0.6 is 0 Å². The van der Waals surface area contributed by atoms with Crippen LogP contribution in [0, 0.1) is 0 Å². The molecule has 1 aromatic carbocycles. The molecule has 2 rings (SSSR count). The van der Waals surface area contributed by atoms with Crippen LogP contribution in [-0.4, -0.2) is 32.2 Å². The Balaban J connectivity index is 1.81. The summed E-state index contributed by atoms with van der Waals surface area (Å²) in [6, 6.07) is 7.24. The maximum atomic E-state index is 12.1. The highest BCUT2D eigenvalue weighted by Crippen LogP contribution is 2.23. The Bertz CT molecular complexity index is 857. The summed E-state index contributed by atoms with van der Waals surface area (Å²) in [5.74, 6) is -0.897. The van der Waals surface area contributed by atoms with E-state index in [1.807, 2.05) is 0 Å². The Morgan fingerprint density at radius 1 is 1.15 bits per heavy atom. The molecule has 0 aliphatic carbocycles. The van der Waals surface area contributed by atoms with Gasteiger partial charge in [0, 0.05) is 31.9 Å². The number of rotatable bonds is 8. The third-order valence-corrected chi connectivity index (χ3v) is 4.70. The topological polar surface area (TPSA) is 97.4 Å². The van der Waals surface area contributed by atoms with E-state index in [2.05, 4.69) is 19.8 Å². The number of nitrogens with one attached hydrogen (secondary N) is 2. The second kappa shape index (κ2) is 8.82. The lowest BCUT2D eigenvalue weighted by molar-refractivity contribution is -0.274. The second-order valence-corrected chi connectivity index (χ2v) is 7.07. The number of carbonyl (C=O) groups excluding carboxylic acids is 1. The van der Waals surface area contributed by atoms with Gasteiger partial charge in [-0.05, 0) is 35.9 Å². The van der Waals surface area contributed by atoms with Gasteiger partial charge < -0.3 is 10.1 Å². The molecule has 0 unspecified atom stereocenters. The Morgan fingerprint density at radius 2 is 1.85 bits per heavy atom. The van der Waals surface area contributed by atoms with E-state index in [0.717, 1.165) is 29.8 Å². The van der Waals surface area contributed by atoms with E-state index < -0.39 is 22.1 Å². The summed E-state index contributed by atoms with van der Waals surface area (Å²) in [6.45, 7) is 0.0993. The smallest absolute Gasteiger partial charge is 0.406 e. The average molecular weight is 403 g/mol. The van der Waals surface area contributed by atoms with Crippen molar-refractivity contribution >= 4 is 15.9 Å². The fourth-order valence-corrected chi connectivity index (χ4v) is 3.03. The van der Waals surface area contributed by atoms with Crippen LogP contribution in [0.25, 0.3) is 0 Å². The Morgan fingerprint density at radius 3 is 2.44 bits per heavy atom. The number of alkyl halides is 3. The first kappa shape index (κ1) is 20.6. The number of hydrogen-bond acceptors (Lipinski definition) is 5. The van der Waals surface area contributed by atoms with Gasteiger partial charge in [0.2, 0.25) is 15.9 Å². The SMILES string of the molecule is O=C(CCNS(=O)(=O)c1ccc(OC(F)(F)F)cc1)NCc1cccnc1. The normalized spacial score (nSPS) is 11.8. The Hall–Kier alpha value is -2.66. The first-order chi connectivity index (χ1) is 12.7. The van der Waals surface area contributed by atoms with Crippen LogP contribution in [0.4, 0.5) is 13.2 Å². The number of nitrogens with zero attached hydrogens (tertiary/aromatic N) is 1. The molecule has 0 spiro atoms. The predicted octanol–water partition coefficient (Wildman–Crippen LogP) is 1.96. The summed E-state index contributed by atoms with van der Waals surface area (Å²) in [7, 11) is -3.96.